The van der Waals surface area contributed by atoms with E-state index in [1.54, 1.807) is 0 Å². The van der Waals surface area contributed by atoms with Crippen LogP contribution in [0.2, 0.25) is 0 Å². The minimum atomic E-state index is -0.384. The molecular formula is C44H32N+. The maximum atomic E-state index is 2.54. The minimum absolute atomic E-state index is 0.384. The maximum absolute atomic E-state index is 2.54. The largest absolute Gasteiger partial charge is 0.227 e. The first-order valence-electron chi connectivity index (χ1n) is 15.9. The second-order valence-corrected chi connectivity index (χ2v) is 12.2. The van der Waals surface area contributed by atoms with E-state index in [-0.39, 0.29) is 5.41 Å². The average Bonchev–Trinajstić information content (AvgIpc) is 3.40. The Balaban J connectivity index is 1.45. The van der Waals surface area contributed by atoms with E-state index in [1.807, 2.05) is 0 Å². The molecule has 0 saturated heterocycles. The number of fused-ring (bicyclic) bond motifs is 4. The fourth-order valence-corrected chi connectivity index (χ4v) is 7.95. The van der Waals surface area contributed by atoms with Crippen LogP contribution in [0.4, 0.5) is 5.69 Å². The Morgan fingerprint density at radius 3 is 2.02 bits per heavy atom. The molecule has 1 aliphatic heterocycles. The summed E-state index contributed by atoms with van der Waals surface area (Å²) >= 11 is 0. The van der Waals surface area contributed by atoms with Crippen molar-refractivity contribution in [1.29, 1.82) is 0 Å². The molecule has 6 aromatic rings. The van der Waals surface area contributed by atoms with Gasteiger partial charge in [-0.05, 0) is 76.9 Å². The Morgan fingerprint density at radius 1 is 0.600 bits per heavy atom. The highest BCUT2D eigenvalue weighted by molar-refractivity contribution is 6.16. The van der Waals surface area contributed by atoms with E-state index in [0.717, 1.165) is 12.8 Å². The second-order valence-electron chi connectivity index (χ2n) is 12.2. The van der Waals surface area contributed by atoms with E-state index in [1.165, 1.54) is 72.4 Å². The summed E-state index contributed by atoms with van der Waals surface area (Å²) in [5.74, 6) is 0. The van der Waals surface area contributed by atoms with Gasteiger partial charge in [-0.3, -0.25) is 0 Å². The van der Waals surface area contributed by atoms with Gasteiger partial charge in [-0.1, -0.05) is 133 Å². The van der Waals surface area contributed by atoms with E-state index in [0.29, 0.717) is 0 Å². The van der Waals surface area contributed by atoms with E-state index >= 15 is 0 Å². The van der Waals surface area contributed by atoms with Crippen molar-refractivity contribution in [3.8, 4) is 11.1 Å². The van der Waals surface area contributed by atoms with E-state index in [9.17, 15) is 0 Å². The van der Waals surface area contributed by atoms with Crippen molar-refractivity contribution in [2.45, 2.75) is 18.3 Å². The third kappa shape index (κ3) is 3.77. The quantitative estimate of drug-likeness (QED) is 0.180. The summed E-state index contributed by atoms with van der Waals surface area (Å²) in [4.78, 5) is 0. The minimum Gasteiger partial charge on any atom is -0.151 e. The van der Waals surface area contributed by atoms with Gasteiger partial charge >= 0.3 is 0 Å². The summed E-state index contributed by atoms with van der Waals surface area (Å²) in [6.45, 7) is 0. The molecule has 0 radical (unpaired) electrons. The Morgan fingerprint density at radius 2 is 1.27 bits per heavy atom. The van der Waals surface area contributed by atoms with Gasteiger partial charge in [-0.15, -0.1) is 0 Å². The molecule has 0 fully saturated rings. The molecule has 3 aliphatic rings. The average molecular weight is 575 g/mol. The molecule has 0 amide bonds. The number of benzene rings is 6. The van der Waals surface area contributed by atoms with Crippen LogP contribution >= 0.6 is 0 Å². The number of hydrogen-bond donors (Lipinski definition) is 0. The normalized spacial score (nSPS) is 18.2. The highest BCUT2D eigenvalue weighted by Gasteiger charge is 2.51. The van der Waals surface area contributed by atoms with Crippen molar-refractivity contribution in [2.75, 3.05) is 0 Å². The van der Waals surface area contributed by atoms with Crippen molar-refractivity contribution in [2.24, 2.45) is 0 Å². The van der Waals surface area contributed by atoms with Crippen LogP contribution < -0.4 is 0 Å². The number of rotatable bonds is 5. The fraction of sp³-hybridized carbons (Fsp3) is 0.0682. The summed E-state index contributed by atoms with van der Waals surface area (Å²) in [6, 6.07) is 53.5. The molecule has 0 aromatic heterocycles. The molecule has 1 heteroatoms. The Kier molecular flexibility index (Phi) is 5.92. The summed E-state index contributed by atoms with van der Waals surface area (Å²) in [7, 11) is 0. The van der Waals surface area contributed by atoms with Crippen LogP contribution in [0.25, 0.3) is 27.6 Å². The molecule has 0 bridgehead atoms. The third-order valence-electron chi connectivity index (χ3n) is 9.85. The van der Waals surface area contributed by atoms with Crippen LogP contribution in [0.1, 0.15) is 40.7 Å². The zero-order chi connectivity index (χ0) is 29.8. The highest BCUT2D eigenvalue weighted by atomic mass is 15.1. The van der Waals surface area contributed by atoms with Crippen LogP contribution in [0, 0.1) is 0 Å². The van der Waals surface area contributed by atoms with Crippen LogP contribution in [0.3, 0.4) is 0 Å². The van der Waals surface area contributed by atoms with Crippen molar-refractivity contribution in [3.63, 3.8) is 0 Å². The monoisotopic (exact) mass is 574 g/mol. The zero-order valence-electron chi connectivity index (χ0n) is 25.0. The summed E-state index contributed by atoms with van der Waals surface area (Å²) < 4.78 is 2.54. The molecule has 0 N–H and O–H groups in total. The van der Waals surface area contributed by atoms with Gasteiger partial charge in [0.05, 0.1) is 22.4 Å². The van der Waals surface area contributed by atoms with Gasteiger partial charge in [0, 0.05) is 11.1 Å². The SMILES string of the molecule is C1=CCCC(C2(c3ccccc3)c3ccccc3-c3c2cc2ccccc2c3[N+]2=C(c3ccccc3)C=C2c2ccccc2)=C1. The first-order valence-corrected chi connectivity index (χ1v) is 15.9. The lowest BCUT2D eigenvalue weighted by Gasteiger charge is -2.36. The third-order valence-corrected chi connectivity index (χ3v) is 9.85. The lowest BCUT2D eigenvalue weighted by molar-refractivity contribution is -0.339. The predicted molar refractivity (Wildman–Crippen MR) is 187 cm³/mol. The van der Waals surface area contributed by atoms with Crippen LogP contribution in [0.5, 0.6) is 0 Å². The molecule has 2 aliphatic carbocycles. The van der Waals surface area contributed by atoms with E-state index in [2.05, 4.69) is 174 Å². The van der Waals surface area contributed by atoms with Gasteiger partial charge in [-0.25, -0.2) is 0 Å². The van der Waals surface area contributed by atoms with Crippen LogP contribution in [0.15, 0.2) is 175 Å². The molecule has 45 heavy (non-hydrogen) atoms. The smallest absolute Gasteiger partial charge is 0.151 e. The van der Waals surface area contributed by atoms with Crippen molar-refractivity contribution < 1.29 is 4.58 Å². The summed E-state index contributed by atoms with van der Waals surface area (Å²) in [6.07, 6.45) is 11.4. The first-order chi connectivity index (χ1) is 22.4. The molecule has 6 aromatic carbocycles. The fourth-order valence-electron chi connectivity index (χ4n) is 7.95. The van der Waals surface area contributed by atoms with E-state index < -0.39 is 0 Å². The maximum Gasteiger partial charge on any atom is 0.227 e. The molecule has 1 heterocycles. The van der Waals surface area contributed by atoms with Crippen molar-refractivity contribution >= 4 is 27.9 Å². The lowest BCUT2D eigenvalue weighted by atomic mass is 9.65. The Hall–Kier alpha value is -5.53. The Labute approximate surface area is 264 Å². The van der Waals surface area contributed by atoms with Gasteiger partial charge in [0.2, 0.25) is 17.1 Å². The molecule has 0 saturated carbocycles. The van der Waals surface area contributed by atoms with Crippen LogP contribution in [-0.4, -0.2) is 10.3 Å². The molecule has 1 atom stereocenters. The second kappa shape index (κ2) is 10.3. The molecule has 212 valence electrons. The predicted octanol–water partition coefficient (Wildman–Crippen LogP) is 10.6. The number of allylic oxidation sites excluding steroid dienone is 5. The molecule has 9 rings (SSSR count). The van der Waals surface area contributed by atoms with Gasteiger partial charge < -0.3 is 0 Å². The first kappa shape index (κ1) is 25.9. The summed E-state index contributed by atoms with van der Waals surface area (Å²) in [5.41, 5.74) is 14.0. The number of nitrogens with zero attached hydrogens (tertiary/aromatic N) is 1. The van der Waals surface area contributed by atoms with Crippen molar-refractivity contribution in [1.82, 2.24) is 0 Å². The molecule has 1 unspecified atom stereocenters. The van der Waals surface area contributed by atoms with Gasteiger partial charge in [0.15, 0.2) is 0 Å². The molecular weight excluding hydrogens is 542 g/mol. The van der Waals surface area contributed by atoms with Crippen molar-refractivity contribution in [3.05, 3.63) is 203 Å². The summed E-state index contributed by atoms with van der Waals surface area (Å²) in [5, 5.41) is 2.53. The zero-order valence-corrected chi connectivity index (χ0v) is 25.0. The Bertz CT molecular complexity index is 2230. The number of hydrogen-bond acceptors (Lipinski definition) is 0. The topological polar surface area (TPSA) is 3.01 Å². The van der Waals surface area contributed by atoms with Gasteiger partial charge in [-0.2, -0.15) is 4.58 Å². The molecule has 1 nitrogen and oxygen atoms in total. The van der Waals surface area contributed by atoms with Gasteiger partial charge in [0.25, 0.3) is 0 Å². The van der Waals surface area contributed by atoms with E-state index in [4.69, 9.17) is 0 Å². The van der Waals surface area contributed by atoms with Gasteiger partial charge in [0.1, 0.15) is 0 Å². The van der Waals surface area contributed by atoms with Crippen LogP contribution in [-0.2, 0) is 5.41 Å². The molecule has 0 spiro atoms. The lowest BCUT2D eigenvalue weighted by Crippen LogP contribution is -2.30. The standard InChI is InChI=1S/C44H32N/c1-5-17-31(18-6-1)40-30-41(32-19-7-2-8-20-32)45(40)43-36-26-14-13-21-33(36)29-39-42(43)37-27-15-16-28-38(37)44(39,34-22-9-3-10-23-34)35-24-11-4-12-25-35/h1-11,13-24,26-30H,12,25H2/q+1. The highest BCUT2D eigenvalue weighted by Crippen LogP contribution is 2.61.